The lowest BCUT2D eigenvalue weighted by Gasteiger charge is -2.51. The second kappa shape index (κ2) is 9.02. The third-order valence-electron chi connectivity index (χ3n) is 7.18. The Bertz CT molecular complexity index is 1100. The van der Waals surface area contributed by atoms with E-state index >= 15 is 0 Å². The highest BCUT2D eigenvalue weighted by Crippen LogP contribution is 2.43. The fourth-order valence-corrected chi connectivity index (χ4v) is 5.53. The Morgan fingerprint density at radius 2 is 1.94 bits per heavy atom. The van der Waals surface area contributed by atoms with Crippen molar-refractivity contribution in [3.8, 4) is 5.75 Å². The number of anilines is 1. The molecule has 0 saturated carbocycles. The van der Waals surface area contributed by atoms with Crippen molar-refractivity contribution < 1.29 is 13.9 Å². The van der Waals surface area contributed by atoms with E-state index in [0.29, 0.717) is 5.69 Å². The highest BCUT2D eigenvalue weighted by Gasteiger charge is 2.55. The van der Waals surface area contributed by atoms with E-state index in [-0.39, 0.29) is 24.0 Å². The van der Waals surface area contributed by atoms with Gasteiger partial charge in [0.25, 0.3) is 0 Å². The van der Waals surface area contributed by atoms with Gasteiger partial charge in [0.1, 0.15) is 22.9 Å². The molecule has 180 valence electrons. The number of urea groups is 1. The molecular formula is C27H33FN4O2. The third-order valence-corrected chi connectivity index (χ3v) is 7.18. The van der Waals surface area contributed by atoms with Crippen LogP contribution in [0.3, 0.4) is 0 Å². The first kappa shape index (κ1) is 22.8. The molecule has 0 aliphatic carbocycles. The molecule has 34 heavy (non-hydrogen) atoms. The second-order valence-electron chi connectivity index (χ2n) is 9.99. The molecule has 3 aliphatic heterocycles. The van der Waals surface area contributed by atoms with Crippen LogP contribution in [0, 0.1) is 5.82 Å². The molecule has 2 fully saturated rings. The number of aliphatic imine (C=N–C) groups is 1. The average Bonchev–Trinajstić information content (AvgIpc) is 3.00. The molecule has 3 heterocycles. The first-order chi connectivity index (χ1) is 16.4. The number of hydrogen-bond donors (Lipinski definition) is 0. The minimum atomic E-state index is -0.538. The molecule has 2 atom stereocenters. The minimum absolute atomic E-state index is 0.136. The summed E-state index contributed by atoms with van der Waals surface area (Å²) in [4.78, 5) is 24.2. The van der Waals surface area contributed by atoms with Gasteiger partial charge in [-0.2, -0.15) is 4.99 Å². The molecule has 2 saturated heterocycles. The Hall–Kier alpha value is -2.93. The molecule has 2 aromatic carbocycles. The van der Waals surface area contributed by atoms with Crippen molar-refractivity contribution in [2.24, 2.45) is 4.99 Å². The molecule has 3 aliphatic rings. The topological polar surface area (TPSA) is 48.4 Å². The van der Waals surface area contributed by atoms with Crippen LogP contribution in [0.2, 0.25) is 0 Å². The van der Waals surface area contributed by atoms with Gasteiger partial charge in [-0.25, -0.2) is 9.18 Å². The maximum absolute atomic E-state index is 14.1. The van der Waals surface area contributed by atoms with Crippen LogP contribution in [-0.2, 0) is 6.54 Å². The molecule has 1 unspecified atom stereocenters. The summed E-state index contributed by atoms with van der Waals surface area (Å²) in [6.07, 6.45) is 2.76. The quantitative estimate of drug-likeness (QED) is 0.619. The van der Waals surface area contributed by atoms with E-state index in [1.165, 1.54) is 17.7 Å². The van der Waals surface area contributed by atoms with Gasteiger partial charge >= 0.3 is 6.03 Å². The fourth-order valence-electron chi connectivity index (χ4n) is 5.53. The maximum Gasteiger partial charge on any atom is 0.350 e. The van der Waals surface area contributed by atoms with E-state index in [1.54, 1.807) is 11.0 Å². The molecule has 0 bridgehead atoms. The van der Waals surface area contributed by atoms with Gasteiger partial charge in [0.05, 0.1) is 6.10 Å². The van der Waals surface area contributed by atoms with E-state index in [4.69, 9.17) is 4.74 Å². The predicted molar refractivity (Wildman–Crippen MR) is 132 cm³/mol. The van der Waals surface area contributed by atoms with Crippen LogP contribution >= 0.6 is 0 Å². The minimum Gasteiger partial charge on any atom is -0.491 e. The monoisotopic (exact) mass is 464 g/mol. The lowest BCUT2D eigenvalue weighted by atomic mass is 9.80. The van der Waals surface area contributed by atoms with Crippen LogP contribution in [0.1, 0.15) is 45.6 Å². The van der Waals surface area contributed by atoms with Crippen molar-refractivity contribution in [2.75, 3.05) is 24.5 Å². The molecule has 2 aromatic rings. The molecular weight excluding hydrogens is 431 g/mol. The Morgan fingerprint density at radius 3 is 2.62 bits per heavy atom. The first-order valence-corrected chi connectivity index (χ1v) is 12.3. The number of amides is 2. The lowest BCUT2D eigenvalue weighted by molar-refractivity contribution is 0.116. The highest BCUT2D eigenvalue weighted by molar-refractivity contribution is 6.16. The summed E-state index contributed by atoms with van der Waals surface area (Å²) in [6.45, 7) is 9.76. The molecule has 7 heteroatoms. The number of benzene rings is 2. The van der Waals surface area contributed by atoms with Crippen molar-refractivity contribution in [3.05, 3.63) is 59.9 Å². The van der Waals surface area contributed by atoms with Crippen LogP contribution in [0.5, 0.6) is 5.75 Å². The number of rotatable bonds is 5. The summed E-state index contributed by atoms with van der Waals surface area (Å²) >= 11 is 0. The van der Waals surface area contributed by atoms with Crippen molar-refractivity contribution in [1.82, 2.24) is 9.80 Å². The van der Waals surface area contributed by atoms with Crippen molar-refractivity contribution >= 4 is 17.6 Å². The number of halogens is 1. The summed E-state index contributed by atoms with van der Waals surface area (Å²) in [5.74, 6) is 1.41. The van der Waals surface area contributed by atoms with E-state index < -0.39 is 5.54 Å². The molecule has 0 radical (unpaired) electrons. The van der Waals surface area contributed by atoms with Crippen LogP contribution in [0.25, 0.3) is 0 Å². The number of ether oxygens (including phenoxy) is 1. The van der Waals surface area contributed by atoms with Crippen molar-refractivity contribution in [1.29, 1.82) is 0 Å². The standard InChI is InChI=1S/C27H33FN4O2/c1-19(2)34-24-10-4-7-21(15-24)18-31-14-11-27(17-20(31)3)25(30-12-6-13-30)29-26(33)32(27)23-9-5-8-22(28)16-23/h4-5,7-10,15-16,19-20H,6,11-14,17-18H2,1-3H3/t20-,27?/m0/s1. The molecule has 0 N–H and O–H groups in total. The fraction of sp³-hybridized carbons (Fsp3) is 0.481. The normalized spacial score (nSPS) is 25.1. The largest absolute Gasteiger partial charge is 0.491 e. The van der Waals surface area contributed by atoms with E-state index in [1.807, 2.05) is 32.0 Å². The lowest BCUT2D eigenvalue weighted by Crippen LogP contribution is -2.64. The zero-order valence-electron chi connectivity index (χ0n) is 20.2. The summed E-state index contributed by atoms with van der Waals surface area (Å²) < 4.78 is 20.0. The van der Waals surface area contributed by atoms with Crippen LogP contribution in [-0.4, -0.2) is 59.0 Å². The Morgan fingerprint density at radius 1 is 1.15 bits per heavy atom. The van der Waals surface area contributed by atoms with E-state index in [9.17, 15) is 9.18 Å². The average molecular weight is 465 g/mol. The predicted octanol–water partition coefficient (Wildman–Crippen LogP) is 5.08. The Kier molecular flexibility index (Phi) is 6.06. The molecule has 0 aromatic heterocycles. The zero-order chi connectivity index (χ0) is 23.9. The number of likely N-dealkylation sites (tertiary alicyclic amines) is 2. The van der Waals surface area contributed by atoms with Crippen LogP contribution in [0.15, 0.2) is 53.5 Å². The molecule has 2 amide bonds. The van der Waals surface area contributed by atoms with Gasteiger partial charge < -0.3 is 9.64 Å². The first-order valence-electron chi connectivity index (χ1n) is 12.3. The van der Waals surface area contributed by atoms with Gasteiger partial charge in [-0.05, 0) is 75.9 Å². The Labute approximate surface area is 201 Å². The van der Waals surface area contributed by atoms with Crippen LogP contribution in [0.4, 0.5) is 14.9 Å². The number of hydrogen-bond acceptors (Lipinski definition) is 4. The van der Waals surface area contributed by atoms with E-state index in [0.717, 1.165) is 57.0 Å². The van der Waals surface area contributed by atoms with E-state index in [2.05, 4.69) is 33.8 Å². The summed E-state index contributed by atoms with van der Waals surface area (Å²) in [5, 5.41) is 0. The number of carbonyl (C=O) groups is 1. The second-order valence-corrected chi connectivity index (χ2v) is 9.99. The van der Waals surface area contributed by atoms with Crippen molar-refractivity contribution in [2.45, 2.75) is 64.3 Å². The SMILES string of the molecule is CC(C)Oc1cccc(CN2CCC3(C[C@@H]2C)C(N2CCC2)=NC(=O)N3c2cccc(F)c2)c1. The van der Waals surface area contributed by atoms with Gasteiger partial charge in [-0.3, -0.25) is 9.80 Å². The van der Waals surface area contributed by atoms with Gasteiger partial charge in [0.15, 0.2) is 0 Å². The summed E-state index contributed by atoms with van der Waals surface area (Å²) in [7, 11) is 0. The summed E-state index contributed by atoms with van der Waals surface area (Å²) in [6, 6.07) is 14.6. The number of amidine groups is 1. The smallest absolute Gasteiger partial charge is 0.350 e. The zero-order valence-corrected chi connectivity index (χ0v) is 20.2. The Balaban J connectivity index is 1.40. The van der Waals surface area contributed by atoms with Crippen LogP contribution < -0.4 is 9.64 Å². The highest BCUT2D eigenvalue weighted by atomic mass is 19.1. The molecule has 5 rings (SSSR count). The van der Waals surface area contributed by atoms with Gasteiger partial charge in [-0.1, -0.05) is 18.2 Å². The molecule has 6 nitrogen and oxygen atoms in total. The third kappa shape index (κ3) is 4.17. The van der Waals surface area contributed by atoms with Gasteiger partial charge in [0.2, 0.25) is 0 Å². The molecule has 1 spiro atoms. The maximum atomic E-state index is 14.1. The number of piperidine rings is 1. The summed E-state index contributed by atoms with van der Waals surface area (Å²) in [5.41, 5.74) is 1.26. The van der Waals surface area contributed by atoms with Gasteiger partial charge in [0, 0.05) is 37.9 Å². The number of carbonyl (C=O) groups excluding carboxylic acids is 1. The number of nitrogens with zero attached hydrogens (tertiary/aromatic N) is 4. The van der Waals surface area contributed by atoms with Gasteiger partial charge in [-0.15, -0.1) is 0 Å². The van der Waals surface area contributed by atoms with Crippen molar-refractivity contribution in [3.63, 3.8) is 0 Å².